The number of piperidine rings is 1. The molecule has 1 aliphatic heterocycles. The van der Waals surface area contributed by atoms with Gasteiger partial charge in [-0.1, -0.05) is 6.07 Å². The molecule has 1 N–H and O–H groups in total. The number of methoxy groups -OCH3 is 1. The third-order valence-electron chi connectivity index (χ3n) is 4.82. The minimum Gasteiger partial charge on any atom is -0.495 e. The van der Waals surface area contributed by atoms with Gasteiger partial charge in [0.25, 0.3) is 0 Å². The number of anilines is 1. The first kappa shape index (κ1) is 20.3. The van der Waals surface area contributed by atoms with Crippen molar-refractivity contribution >= 4 is 21.6 Å². The highest BCUT2D eigenvalue weighted by Crippen LogP contribution is 2.28. The Kier molecular flexibility index (Phi) is 6.00. The van der Waals surface area contributed by atoms with Crippen molar-refractivity contribution in [3.63, 3.8) is 0 Å². The van der Waals surface area contributed by atoms with Gasteiger partial charge in [-0.3, -0.25) is 4.79 Å². The number of ether oxygens (including phenoxy) is 1. The van der Waals surface area contributed by atoms with E-state index >= 15 is 0 Å². The van der Waals surface area contributed by atoms with Gasteiger partial charge < -0.3 is 10.1 Å². The van der Waals surface area contributed by atoms with Gasteiger partial charge in [-0.2, -0.15) is 4.31 Å². The number of nitrogens with one attached hydrogen (secondary N) is 1. The van der Waals surface area contributed by atoms with Gasteiger partial charge in [0.2, 0.25) is 15.9 Å². The van der Waals surface area contributed by atoms with Crippen molar-refractivity contribution in [1.29, 1.82) is 0 Å². The highest BCUT2D eigenvalue weighted by Gasteiger charge is 2.33. The Balaban J connectivity index is 1.75. The van der Waals surface area contributed by atoms with Crippen molar-refractivity contribution < 1.29 is 22.3 Å². The molecule has 3 rings (SSSR count). The first-order valence-electron chi connectivity index (χ1n) is 9.02. The Hall–Kier alpha value is -2.45. The predicted octanol–water partition coefficient (Wildman–Crippen LogP) is 3.18. The number of carbonyl (C=O) groups is 1. The van der Waals surface area contributed by atoms with Gasteiger partial charge in [0.1, 0.15) is 11.6 Å². The van der Waals surface area contributed by atoms with Gasteiger partial charge in [-0.25, -0.2) is 12.8 Å². The monoisotopic (exact) mass is 406 g/mol. The van der Waals surface area contributed by atoms with Crippen LogP contribution in [-0.4, -0.2) is 38.8 Å². The van der Waals surface area contributed by atoms with E-state index in [0.29, 0.717) is 30.8 Å². The van der Waals surface area contributed by atoms with Gasteiger partial charge in [-0.05, 0) is 61.7 Å². The summed E-state index contributed by atoms with van der Waals surface area (Å²) in [6, 6.07) is 10.2. The number of halogens is 1. The summed E-state index contributed by atoms with van der Waals surface area (Å²) in [5.41, 5.74) is 1.53. The summed E-state index contributed by atoms with van der Waals surface area (Å²) in [5.74, 6) is -0.676. The number of nitrogens with zero attached hydrogens (tertiary/aromatic N) is 1. The van der Waals surface area contributed by atoms with Crippen molar-refractivity contribution in [2.45, 2.75) is 24.7 Å². The molecule has 0 aliphatic carbocycles. The maximum atomic E-state index is 13.1. The first-order valence-corrected chi connectivity index (χ1v) is 10.5. The number of aryl methyl sites for hydroxylation is 1. The number of benzene rings is 2. The summed E-state index contributed by atoms with van der Waals surface area (Å²) in [4.78, 5) is 12.8. The fourth-order valence-corrected chi connectivity index (χ4v) is 4.81. The second-order valence-electron chi connectivity index (χ2n) is 6.85. The van der Waals surface area contributed by atoms with Crippen LogP contribution in [0.5, 0.6) is 5.75 Å². The average Bonchev–Trinajstić information content (AvgIpc) is 2.68. The van der Waals surface area contributed by atoms with E-state index in [4.69, 9.17) is 4.74 Å². The van der Waals surface area contributed by atoms with Crippen LogP contribution in [0.15, 0.2) is 47.4 Å². The zero-order chi connectivity index (χ0) is 20.3. The summed E-state index contributed by atoms with van der Waals surface area (Å²) < 4.78 is 45.3. The van der Waals surface area contributed by atoms with E-state index in [9.17, 15) is 17.6 Å². The zero-order valence-electron chi connectivity index (χ0n) is 15.8. The van der Waals surface area contributed by atoms with Crippen molar-refractivity contribution in [3.05, 3.63) is 53.8 Å². The molecule has 150 valence electrons. The Labute approximate surface area is 164 Å². The van der Waals surface area contributed by atoms with Crippen LogP contribution in [0.4, 0.5) is 10.1 Å². The van der Waals surface area contributed by atoms with Crippen LogP contribution in [0.2, 0.25) is 0 Å². The molecule has 1 amide bonds. The van der Waals surface area contributed by atoms with Crippen molar-refractivity contribution in [3.8, 4) is 5.75 Å². The largest absolute Gasteiger partial charge is 0.495 e. The van der Waals surface area contributed by atoms with Crippen molar-refractivity contribution in [1.82, 2.24) is 4.31 Å². The second-order valence-corrected chi connectivity index (χ2v) is 8.79. The Morgan fingerprint density at radius 3 is 2.61 bits per heavy atom. The summed E-state index contributed by atoms with van der Waals surface area (Å²) >= 11 is 0. The van der Waals surface area contributed by atoms with E-state index in [2.05, 4.69) is 5.32 Å². The molecule has 2 aromatic carbocycles. The lowest BCUT2D eigenvalue weighted by Crippen LogP contribution is -2.43. The third kappa shape index (κ3) is 4.34. The van der Waals surface area contributed by atoms with Crippen LogP contribution >= 0.6 is 0 Å². The SMILES string of the molecule is COc1ccc(C)cc1NC(=O)[C@@H]1CCCN(S(=O)(=O)c2ccc(F)cc2)C1. The van der Waals surface area contributed by atoms with E-state index in [1.807, 2.05) is 19.1 Å². The molecule has 0 radical (unpaired) electrons. The van der Waals surface area contributed by atoms with Crippen molar-refractivity contribution in [2.24, 2.45) is 5.92 Å². The molecule has 8 heteroatoms. The molecule has 0 unspecified atom stereocenters. The standard InChI is InChI=1S/C20H23FN2O4S/c1-14-5-10-19(27-2)18(12-14)22-20(24)15-4-3-11-23(13-15)28(25,26)17-8-6-16(21)7-9-17/h5-10,12,15H,3-4,11,13H2,1-2H3,(H,22,24)/t15-/m1/s1. The fourth-order valence-electron chi connectivity index (χ4n) is 3.28. The molecule has 0 spiro atoms. The molecule has 0 saturated carbocycles. The molecular formula is C20H23FN2O4S. The highest BCUT2D eigenvalue weighted by atomic mass is 32.2. The second kappa shape index (κ2) is 8.28. The molecule has 1 atom stereocenters. The van der Waals surface area contributed by atoms with Gasteiger partial charge in [0, 0.05) is 13.1 Å². The van der Waals surface area contributed by atoms with Gasteiger partial charge in [0.15, 0.2) is 0 Å². The minimum atomic E-state index is -3.78. The van der Waals surface area contributed by atoms with E-state index in [0.717, 1.165) is 17.7 Å². The maximum absolute atomic E-state index is 13.1. The smallest absolute Gasteiger partial charge is 0.243 e. The molecule has 1 heterocycles. The average molecular weight is 406 g/mol. The lowest BCUT2D eigenvalue weighted by atomic mass is 9.98. The van der Waals surface area contributed by atoms with E-state index in [-0.39, 0.29) is 17.3 Å². The molecule has 0 aromatic heterocycles. The topological polar surface area (TPSA) is 75.7 Å². The molecular weight excluding hydrogens is 383 g/mol. The minimum absolute atomic E-state index is 0.0234. The van der Waals surface area contributed by atoms with Gasteiger partial charge in [-0.15, -0.1) is 0 Å². The Morgan fingerprint density at radius 2 is 1.93 bits per heavy atom. The van der Waals surface area contributed by atoms with Gasteiger partial charge in [0.05, 0.1) is 23.6 Å². The number of rotatable bonds is 5. The molecule has 1 saturated heterocycles. The van der Waals surface area contributed by atoms with Crippen LogP contribution in [0.25, 0.3) is 0 Å². The highest BCUT2D eigenvalue weighted by molar-refractivity contribution is 7.89. The number of hydrogen-bond acceptors (Lipinski definition) is 4. The number of amides is 1. The maximum Gasteiger partial charge on any atom is 0.243 e. The zero-order valence-corrected chi connectivity index (χ0v) is 16.6. The first-order chi connectivity index (χ1) is 13.3. The van der Waals surface area contributed by atoms with E-state index in [1.54, 1.807) is 6.07 Å². The lowest BCUT2D eigenvalue weighted by molar-refractivity contribution is -0.120. The van der Waals surface area contributed by atoms with Crippen LogP contribution in [0.1, 0.15) is 18.4 Å². The summed E-state index contributed by atoms with van der Waals surface area (Å²) in [5, 5.41) is 2.86. The number of sulfonamides is 1. The van der Waals surface area contributed by atoms with Crippen LogP contribution in [0.3, 0.4) is 0 Å². The van der Waals surface area contributed by atoms with Gasteiger partial charge >= 0.3 is 0 Å². The van der Waals surface area contributed by atoms with Crippen LogP contribution < -0.4 is 10.1 Å². The summed E-state index contributed by atoms with van der Waals surface area (Å²) in [7, 11) is -2.25. The quantitative estimate of drug-likeness (QED) is 0.828. The summed E-state index contributed by atoms with van der Waals surface area (Å²) in [6.07, 6.45) is 1.17. The lowest BCUT2D eigenvalue weighted by Gasteiger charge is -2.31. The molecule has 6 nitrogen and oxygen atoms in total. The molecule has 1 aliphatic rings. The number of carbonyl (C=O) groups excluding carboxylic acids is 1. The van der Waals surface area contributed by atoms with Crippen LogP contribution in [0, 0.1) is 18.7 Å². The number of hydrogen-bond donors (Lipinski definition) is 1. The van der Waals surface area contributed by atoms with Crippen molar-refractivity contribution in [2.75, 3.05) is 25.5 Å². The Bertz CT molecular complexity index is 961. The molecule has 1 fully saturated rings. The molecule has 28 heavy (non-hydrogen) atoms. The van der Waals surface area contributed by atoms with E-state index in [1.165, 1.54) is 23.5 Å². The van der Waals surface area contributed by atoms with Crippen LogP contribution in [-0.2, 0) is 14.8 Å². The fraction of sp³-hybridized carbons (Fsp3) is 0.350. The predicted molar refractivity (Wildman–Crippen MR) is 104 cm³/mol. The third-order valence-corrected chi connectivity index (χ3v) is 6.70. The summed E-state index contributed by atoms with van der Waals surface area (Å²) in [6.45, 7) is 2.32. The molecule has 2 aromatic rings. The Morgan fingerprint density at radius 1 is 1.21 bits per heavy atom. The normalized spacial score (nSPS) is 17.9. The van der Waals surface area contributed by atoms with E-state index < -0.39 is 21.8 Å². The molecule has 0 bridgehead atoms.